The smallest absolute Gasteiger partial charge is 0.303 e. The third kappa shape index (κ3) is 3.64. The van der Waals surface area contributed by atoms with Gasteiger partial charge in [-0.2, -0.15) is 0 Å². The molecule has 90 valence electrons. The normalized spacial score (nSPS) is 10.6. The molecule has 0 saturated carbocycles. The van der Waals surface area contributed by atoms with Crippen LogP contribution in [0.3, 0.4) is 0 Å². The molecule has 0 bridgehead atoms. The number of carbonyl (C=O) groups is 1. The number of nitrogens with one attached hydrogen (secondary N) is 1. The lowest BCUT2D eigenvalue weighted by atomic mass is 10.1. The number of benzene rings is 1. The van der Waals surface area contributed by atoms with Crippen LogP contribution >= 0.6 is 0 Å². The van der Waals surface area contributed by atoms with Crippen molar-refractivity contribution in [3.05, 3.63) is 29.3 Å². The van der Waals surface area contributed by atoms with Crippen LogP contribution in [0.2, 0.25) is 0 Å². The molecular formula is C12H13NO4. The molecule has 0 atom stereocenters. The van der Waals surface area contributed by atoms with Crippen molar-refractivity contribution in [1.82, 2.24) is 0 Å². The number of hydrogen-bond acceptors (Lipinski definition) is 4. The second-order valence-corrected chi connectivity index (χ2v) is 3.46. The summed E-state index contributed by atoms with van der Waals surface area (Å²) < 4.78 is 0. The first-order valence-electron chi connectivity index (χ1n) is 4.99. The number of aliphatic carboxylic acids is 1. The molecule has 0 aliphatic carbocycles. The van der Waals surface area contributed by atoms with Gasteiger partial charge in [0.1, 0.15) is 0 Å². The van der Waals surface area contributed by atoms with Gasteiger partial charge in [0.05, 0.1) is 0 Å². The molecule has 0 spiro atoms. The average molecular weight is 235 g/mol. The van der Waals surface area contributed by atoms with Crippen LogP contribution in [0.5, 0.6) is 11.5 Å². The Balaban J connectivity index is 2.86. The summed E-state index contributed by atoms with van der Waals surface area (Å²) in [6.07, 6.45) is 4.51. The van der Waals surface area contributed by atoms with Crippen LogP contribution in [0, 0.1) is 5.41 Å². The number of carboxylic acids is 1. The van der Waals surface area contributed by atoms with Gasteiger partial charge in [-0.3, -0.25) is 4.79 Å². The van der Waals surface area contributed by atoms with Gasteiger partial charge >= 0.3 is 5.97 Å². The molecule has 1 rings (SSSR count). The van der Waals surface area contributed by atoms with Gasteiger partial charge in [0.2, 0.25) is 0 Å². The van der Waals surface area contributed by atoms with Crippen molar-refractivity contribution in [1.29, 1.82) is 5.41 Å². The standard InChI is InChI=1S/C12H13NO4/c13-7-8-5-9(12(17)10(14)6-8)3-1-2-4-11(15)16/h1,3,5-7,13-14,17H,2,4H2,(H,15,16)/b3-1+,13-7?. The zero-order valence-corrected chi connectivity index (χ0v) is 9.05. The molecule has 1 aromatic rings. The van der Waals surface area contributed by atoms with E-state index in [4.69, 9.17) is 10.5 Å². The fourth-order valence-electron chi connectivity index (χ4n) is 1.29. The number of aromatic hydroxyl groups is 2. The molecule has 1 aromatic carbocycles. The van der Waals surface area contributed by atoms with Crippen molar-refractivity contribution in [2.75, 3.05) is 0 Å². The highest BCUT2D eigenvalue weighted by molar-refractivity contribution is 5.81. The first-order chi connectivity index (χ1) is 8.04. The molecule has 0 fully saturated rings. The van der Waals surface area contributed by atoms with Crippen molar-refractivity contribution in [3.8, 4) is 11.5 Å². The number of allylic oxidation sites excluding steroid dienone is 1. The van der Waals surface area contributed by atoms with Gasteiger partial charge in [0, 0.05) is 18.2 Å². The van der Waals surface area contributed by atoms with Gasteiger partial charge < -0.3 is 20.7 Å². The second-order valence-electron chi connectivity index (χ2n) is 3.46. The minimum atomic E-state index is -0.894. The molecule has 0 aliphatic heterocycles. The quantitative estimate of drug-likeness (QED) is 0.463. The van der Waals surface area contributed by atoms with Gasteiger partial charge in [-0.1, -0.05) is 12.2 Å². The zero-order chi connectivity index (χ0) is 12.8. The Morgan fingerprint density at radius 3 is 2.65 bits per heavy atom. The van der Waals surface area contributed by atoms with Gasteiger partial charge in [0.15, 0.2) is 11.5 Å². The van der Waals surface area contributed by atoms with Crippen molar-refractivity contribution >= 4 is 18.3 Å². The summed E-state index contributed by atoms with van der Waals surface area (Å²) in [7, 11) is 0. The van der Waals surface area contributed by atoms with Crippen LogP contribution in [0.25, 0.3) is 6.08 Å². The van der Waals surface area contributed by atoms with E-state index in [1.165, 1.54) is 18.2 Å². The maximum atomic E-state index is 10.3. The lowest BCUT2D eigenvalue weighted by molar-refractivity contribution is -0.136. The van der Waals surface area contributed by atoms with Crippen LogP contribution in [0.1, 0.15) is 24.0 Å². The second kappa shape index (κ2) is 5.69. The number of phenolic OH excluding ortho intramolecular Hbond substituents is 2. The highest BCUT2D eigenvalue weighted by atomic mass is 16.4. The van der Waals surface area contributed by atoms with Crippen molar-refractivity contribution in [2.24, 2.45) is 0 Å². The highest BCUT2D eigenvalue weighted by Gasteiger charge is 2.05. The third-order valence-corrected chi connectivity index (χ3v) is 2.13. The lowest BCUT2D eigenvalue weighted by Crippen LogP contribution is -1.91. The van der Waals surface area contributed by atoms with E-state index in [2.05, 4.69) is 0 Å². The van der Waals surface area contributed by atoms with Crippen LogP contribution in [-0.4, -0.2) is 27.5 Å². The zero-order valence-electron chi connectivity index (χ0n) is 9.05. The van der Waals surface area contributed by atoms with E-state index < -0.39 is 5.97 Å². The fraction of sp³-hybridized carbons (Fsp3) is 0.167. The summed E-state index contributed by atoms with van der Waals surface area (Å²) >= 11 is 0. The highest BCUT2D eigenvalue weighted by Crippen LogP contribution is 2.30. The Morgan fingerprint density at radius 2 is 2.06 bits per heavy atom. The topological polar surface area (TPSA) is 102 Å². The van der Waals surface area contributed by atoms with Crippen LogP contribution < -0.4 is 0 Å². The Kier molecular flexibility index (Phi) is 4.28. The number of carboxylic acid groups (broad SMARTS) is 1. The summed E-state index contributed by atoms with van der Waals surface area (Å²) in [6, 6.07) is 2.80. The molecule has 0 heterocycles. The third-order valence-electron chi connectivity index (χ3n) is 2.13. The molecule has 0 saturated heterocycles. The Hall–Kier alpha value is -2.30. The Morgan fingerprint density at radius 1 is 1.35 bits per heavy atom. The monoisotopic (exact) mass is 235 g/mol. The van der Waals surface area contributed by atoms with Crippen molar-refractivity contribution in [2.45, 2.75) is 12.8 Å². The maximum Gasteiger partial charge on any atom is 0.303 e. The molecule has 0 unspecified atom stereocenters. The van der Waals surface area contributed by atoms with Crippen LogP contribution in [0.15, 0.2) is 18.2 Å². The largest absolute Gasteiger partial charge is 0.504 e. The van der Waals surface area contributed by atoms with Crippen molar-refractivity contribution < 1.29 is 20.1 Å². The molecule has 5 nitrogen and oxygen atoms in total. The molecule has 0 aliphatic rings. The Labute approximate surface area is 98.2 Å². The molecule has 17 heavy (non-hydrogen) atoms. The summed E-state index contributed by atoms with van der Waals surface area (Å²) in [5.41, 5.74) is 0.812. The van der Waals surface area contributed by atoms with E-state index in [-0.39, 0.29) is 17.9 Å². The number of phenols is 2. The molecule has 0 amide bonds. The van der Waals surface area contributed by atoms with E-state index in [0.717, 1.165) is 6.21 Å². The van der Waals surface area contributed by atoms with E-state index in [1.54, 1.807) is 6.08 Å². The minimum absolute atomic E-state index is 0.00744. The minimum Gasteiger partial charge on any atom is -0.504 e. The summed E-state index contributed by atoms with van der Waals surface area (Å²) in [4.78, 5) is 10.3. The average Bonchev–Trinajstić information content (AvgIpc) is 2.29. The first kappa shape index (κ1) is 12.8. The van der Waals surface area contributed by atoms with Gasteiger partial charge in [-0.25, -0.2) is 0 Å². The summed E-state index contributed by atoms with van der Waals surface area (Å²) in [5, 5.41) is 34.4. The van der Waals surface area contributed by atoms with Crippen molar-refractivity contribution in [3.63, 3.8) is 0 Å². The number of hydrogen-bond donors (Lipinski definition) is 4. The summed E-state index contributed by atoms with van der Waals surface area (Å²) in [6.45, 7) is 0. The SMILES string of the molecule is N=Cc1cc(O)c(O)c(/C=C/CCC(=O)O)c1. The van der Waals surface area contributed by atoms with E-state index in [0.29, 0.717) is 17.5 Å². The van der Waals surface area contributed by atoms with Gasteiger partial charge in [-0.15, -0.1) is 0 Å². The predicted octanol–water partition coefficient (Wildman–Crippen LogP) is 1.97. The molecule has 4 N–H and O–H groups in total. The maximum absolute atomic E-state index is 10.3. The predicted molar refractivity (Wildman–Crippen MR) is 63.6 cm³/mol. The van der Waals surface area contributed by atoms with Gasteiger partial charge in [0.25, 0.3) is 0 Å². The van der Waals surface area contributed by atoms with E-state index >= 15 is 0 Å². The van der Waals surface area contributed by atoms with E-state index in [1.807, 2.05) is 0 Å². The first-order valence-corrected chi connectivity index (χ1v) is 4.99. The molecule has 5 heteroatoms. The number of rotatable bonds is 5. The molecule has 0 aromatic heterocycles. The van der Waals surface area contributed by atoms with E-state index in [9.17, 15) is 15.0 Å². The van der Waals surface area contributed by atoms with Gasteiger partial charge in [-0.05, 0) is 24.1 Å². The van der Waals surface area contributed by atoms with Crippen LogP contribution in [-0.2, 0) is 4.79 Å². The molecule has 0 radical (unpaired) electrons. The molecular weight excluding hydrogens is 222 g/mol. The lowest BCUT2D eigenvalue weighted by Gasteiger charge is -2.03. The van der Waals surface area contributed by atoms with Crippen LogP contribution in [0.4, 0.5) is 0 Å². The fourth-order valence-corrected chi connectivity index (χ4v) is 1.29. The Bertz CT molecular complexity index is 466. The summed E-state index contributed by atoms with van der Waals surface area (Å²) in [5.74, 6) is -1.47.